The number of H-pyrrole nitrogens is 1. The third-order valence-electron chi connectivity index (χ3n) is 9.47. The van der Waals surface area contributed by atoms with Crippen LogP contribution in [0, 0.1) is 5.92 Å². The van der Waals surface area contributed by atoms with Crippen molar-refractivity contribution in [2.75, 3.05) is 7.11 Å². The number of nitrogens with zero attached hydrogens (tertiary/aromatic N) is 1. The van der Waals surface area contributed by atoms with E-state index in [1.54, 1.807) is 7.11 Å². The van der Waals surface area contributed by atoms with Crippen LogP contribution in [0.25, 0.3) is 55.6 Å². The van der Waals surface area contributed by atoms with Gasteiger partial charge in [0.05, 0.1) is 13.0 Å². The molecule has 41 heavy (non-hydrogen) atoms. The quantitative estimate of drug-likeness (QED) is 0.180. The number of nitrogens with one attached hydrogen (secondary N) is 1. The molecule has 0 amide bonds. The summed E-state index contributed by atoms with van der Waals surface area (Å²) < 4.78 is 8.62. The number of rotatable bonds is 3. The van der Waals surface area contributed by atoms with E-state index in [1.807, 2.05) is 0 Å². The Morgan fingerprint density at radius 1 is 0.902 bits per heavy atom. The monoisotopic (exact) mass is 529 g/mol. The van der Waals surface area contributed by atoms with Gasteiger partial charge in [0, 0.05) is 41.1 Å². The molecule has 2 unspecified atom stereocenters. The molecule has 5 aromatic rings. The Kier molecular flexibility index (Phi) is 4.77. The molecule has 0 saturated carbocycles. The standard InChI is InChI=1S/C38H29N2O/c1-41-36(18-20-40-35-12-5-4-9-25(35)30-15-16-34-31(38(30)40)17-19-39-34)26-13-14-29-33-22-24-8-3-2-7-23(24)21-32(33)28-11-6-10-27(26)37(28)29/h2-4,6-11,13-22,30,38-39H,5,12H2,1H3/q+1/b36-18-,40-20?. The van der Waals surface area contributed by atoms with Crippen molar-refractivity contribution in [1.82, 2.24) is 4.98 Å². The minimum Gasteiger partial charge on any atom is -0.496 e. The molecule has 3 nitrogen and oxygen atoms in total. The Hall–Kier alpha value is -4.89. The Morgan fingerprint density at radius 2 is 1.73 bits per heavy atom. The second kappa shape index (κ2) is 8.55. The summed E-state index contributed by atoms with van der Waals surface area (Å²) in [6.07, 6.45) is 17.9. The van der Waals surface area contributed by atoms with Crippen LogP contribution < -0.4 is 0 Å². The maximum Gasteiger partial charge on any atom is 0.196 e. The number of aromatic amines is 1. The van der Waals surface area contributed by atoms with Crippen LogP contribution in [0.4, 0.5) is 0 Å². The Morgan fingerprint density at radius 3 is 2.56 bits per heavy atom. The molecular weight excluding hydrogens is 500 g/mol. The molecule has 9 rings (SSSR count). The summed E-state index contributed by atoms with van der Waals surface area (Å²) in [7, 11) is 1.79. The summed E-state index contributed by atoms with van der Waals surface area (Å²) in [4.78, 5) is 3.42. The molecule has 1 N–H and O–H groups in total. The maximum atomic E-state index is 6.12. The largest absolute Gasteiger partial charge is 0.496 e. The number of methoxy groups -OCH3 is 1. The molecular formula is C38H29N2O+. The van der Waals surface area contributed by atoms with Crippen LogP contribution in [0.3, 0.4) is 0 Å². The molecule has 0 spiro atoms. The molecule has 0 radical (unpaired) electrons. The molecule has 1 aliphatic heterocycles. The van der Waals surface area contributed by atoms with E-state index < -0.39 is 0 Å². The van der Waals surface area contributed by atoms with Crippen LogP contribution >= 0.6 is 0 Å². The second-order valence-corrected chi connectivity index (χ2v) is 11.4. The lowest BCUT2D eigenvalue weighted by molar-refractivity contribution is -0.516. The highest BCUT2D eigenvalue weighted by molar-refractivity contribution is 6.19. The van der Waals surface area contributed by atoms with Crippen LogP contribution in [0.1, 0.15) is 35.7 Å². The van der Waals surface area contributed by atoms with Gasteiger partial charge in [0.1, 0.15) is 5.76 Å². The summed E-state index contributed by atoms with van der Waals surface area (Å²) in [5.41, 5.74) is 11.8. The summed E-state index contributed by atoms with van der Waals surface area (Å²) in [5, 5.41) is 5.11. The number of ether oxygens (including phenoxy) is 1. The van der Waals surface area contributed by atoms with Gasteiger partial charge in [0.25, 0.3) is 0 Å². The Balaban J connectivity index is 1.20. The van der Waals surface area contributed by atoms with Crippen molar-refractivity contribution in [2.45, 2.75) is 18.9 Å². The number of allylic oxidation sites excluding steroid dienone is 4. The van der Waals surface area contributed by atoms with Crippen molar-refractivity contribution >= 4 is 39.6 Å². The van der Waals surface area contributed by atoms with Gasteiger partial charge in [-0.2, -0.15) is 4.58 Å². The van der Waals surface area contributed by atoms with Crippen molar-refractivity contribution in [3.8, 4) is 22.3 Å². The van der Waals surface area contributed by atoms with Crippen molar-refractivity contribution in [3.05, 3.63) is 131 Å². The highest BCUT2D eigenvalue weighted by Crippen LogP contribution is 2.51. The summed E-state index contributed by atoms with van der Waals surface area (Å²) in [6, 6.07) is 27.1. The number of benzene rings is 4. The first-order chi connectivity index (χ1) is 20.3. The number of hydrogen-bond acceptors (Lipinski definition) is 1. The molecule has 0 saturated heterocycles. The van der Waals surface area contributed by atoms with Gasteiger partial charge in [0.2, 0.25) is 0 Å². The predicted molar refractivity (Wildman–Crippen MR) is 169 cm³/mol. The fourth-order valence-corrected chi connectivity index (χ4v) is 7.67. The van der Waals surface area contributed by atoms with Crippen LogP contribution in [0.5, 0.6) is 0 Å². The lowest BCUT2D eigenvalue weighted by Gasteiger charge is -2.18. The minimum absolute atomic E-state index is 0.264. The minimum atomic E-state index is 0.264. The number of hydrogen-bond donors (Lipinski definition) is 1. The van der Waals surface area contributed by atoms with Gasteiger partial charge in [-0.3, -0.25) is 0 Å². The van der Waals surface area contributed by atoms with Gasteiger partial charge in [-0.15, -0.1) is 0 Å². The van der Waals surface area contributed by atoms with Gasteiger partial charge >= 0.3 is 0 Å². The first-order valence-corrected chi connectivity index (χ1v) is 14.5. The summed E-state index contributed by atoms with van der Waals surface area (Å²) in [5.74, 6) is 1.25. The zero-order chi connectivity index (χ0) is 27.1. The smallest absolute Gasteiger partial charge is 0.196 e. The van der Waals surface area contributed by atoms with Crippen LogP contribution in [0.2, 0.25) is 0 Å². The van der Waals surface area contributed by atoms with Crippen LogP contribution in [0.15, 0.2) is 115 Å². The second-order valence-electron chi connectivity index (χ2n) is 11.4. The van der Waals surface area contributed by atoms with E-state index in [0.717, 1.165) is 24.2 Å². The molecule has 3 heteroatoms. The lowest BCUT2D eigenvalue weighted by atomic mass is 9.84. The van der Waals surface area contributed by atoms with E-state index in [9.17, 15) is 0 Å². The predicted octanol–water partition coefficient (Wildman–Crippen LogP) is 9.04. The van der Waals surface area contributed by atoms with E-state index >= 15 is 0 Å². The van der Waals surface area contributed by atoms with Gasteiger partial charge < -0.3 is 9.72 Å². The van der Waals surface area contributed by atoms with E-state index in [2.05, 4.69) is 125 Å². The van der Waals surface area contributed by atoms with Crippen molar-refractivity contribution in [3.63, 3.8) is 0 Å². The maximum absolute atomic E-state index is 6.12. The normalized spacial score (nSPS) is 21.0. The van der Waals surface area contributed by atoms with Crippen molar-refractivity contribution in [2.24, 2.45) is 5.92 Å². The van der Waals surface area contributed by atoms with E-state index in [-0.39, 0.29) is 6.04 Å². The fourth-order valence-electron chi connectivity index (χ4n) is 7.67. The lowest BCUT2D eigenvalue weighted by Crippen LogP contribution is -2.20. The van der Waals surface area contributed by atoms with E-state index in [4.69, 9.17) is 4.74 Å². The third kappa shape index (κ3) is 3.17. The highest BCUT2D eigenvalue weighted by Gasteiger charge is 2.47. The average Bonchev–Trinajstić information content (AvgIpc) is 3.71. The van der Waals surface area contributed by atoms with Crippen LogP contribution in [-0.2, 0) is 4.74 Å². The zero-order valence-electron chi connectivity index (χ0n) is 22.9. The molecule has 2 heterocycles. The zero-order valence-corrected chi connectivity index (χ0v) is 22.9. The third-order valence-corrected chi connectivity index (χ3v) is 9.47. The molecule has 0 bridgehead atoms. The molecule has 0 fully saturated rings. The number of fused-ring (bicyclic) bond motifs is 8. The summed E-state index contributed by atoms with van der Waals surface area (Å²) >= 11 is 0. The first kappa shape index (κ1) is 22.9. The number of aromatic nitrogens is 1. The van der Waals surface area contributed by atoms with Crippen molar-refractivity contribution < 1.29 is 9.31 Å². The molecule has 4 aliphatic rings. The SMILES string of the molecule is CO/C(=C\C=[N+]1C2=C(C=CCC2)C2C=Cc3[nH]ccc3C21)c1ccc2c3c(cccc13)-c1cc3ccccc3cc1-2. The fraction of sp³-hybridized carbons (Fsp3) is 0.132. The summed E-state index contributed by atoms with van der Waals surface area (Å²) in [6.45, 7) is 0. The highest BCUT2D eigenvalue weighted by atomic mass is 16.5. The molecule has 4 aromatic carbocycles. The van der Waals surface area contributed by atoms with Crippen molar-refractivity contribution in [1.29, 1.82) is 0 Å². The Labute approximate surface area is 239 Å². The van der Waals surface area contributed by atoms with Gasteiger partial charge in [-0.1, -0.05) is 66.8 Å². The van der Waals surface area contributed by atoms with E-state index in [0.29, 0.717) is 5.92 Å². The molecule has 3 aliphatic carbocycles. The van der Waals surface area contributed by atoms with E-state index in [1.165, 1.54) is 66.3 Å². The first-order valence-electron chi connectivity index (χ1n) is 14.5. The molecule has 2 atom stereocenters. The van der Waals surface area contributed by atoms with Gasteiger partial charge in [-0.05, 0) is 80.6 Å². The van der Waals surface area contributed by atoms with Gasteiger partial charge in [-0.25, -0.2) is 0 Å². The topological polar surface area (TPSA) is 28.0 Å². The van der Waals surface area contributed by atoms with Gasteiger partial charge in [0.15, 0.2) is 18.0 Å². The molecule has 1 aromatic heterocycles. The molecule has 196 valence electrons. The Bertz CT molecular complexity index is 2050. The average molecular weight is 530 g/mol. The van der Waals surface area contributed by atoms with Crippen LogP contribution in [-0.4, -0.2) is 22.9 Å².